The third kappa shape index (κ3) is 1.70. The SMILES string of the molecule is C[C@]12CCCC[C@@]1(O)N(O)C(C(=O)c1ccccc1)=N2. The summed E-state index contributed by atoms with van der Waals surface area (Å²) >= 11 is 0. The van der Waals surface area contributed by atoms with Crippen molar-refractivity contribution in [2.45, 2.75) is 43.9 Å². The predicted molar refractivity (Wildman–Crippen MR) is 73.7 cm³/mol. The molecule has 1 aliphatic carbocycles. The molecule has 3 rings (SSSR count). The maximum absolute atomic E-state index is 12.4. The Labute approximate surface area is 117 Å². The fourth-order valence-corrected chi connectivity index (χ4v) is 3.11. The van der Waals surface area contributed by atoms with E-state index in [1.807, 2.05) is 6.07 Å². The lowest BCUT2D eigenvalue weighted by Gasteiger charge is -2.43. The average molecular weight is 274 g/mol. The molecule has 2 N–H and O–H groups in total. The Morgan fingerprint density at radius 3 is 2.55 bits per heavy atom. The Kier molecular flexibility index (Phi) is 2.92. The minimum atomic E-state index is -1.47. The van der Waals surface area contributed by atoms with Gasteiger partial charge in [0.25, 0.3) is 0 Å². The van der Waals surface area contributed by atoms with Crippen molar-refractivity contribution in [2.24, 2.45) is 4.99 Å². The molecule has 1 aliphatic heterocycles. The molecule has 0 radical (unpaired) electrons. The van der Waals surface area contributed by atoms with Crippen LogP contribution in [0.5, 0.6) is 0 Å². The molecule has 0 bridgehead atoms. The zero-order chi connectivity index (χ0) is 14.4. The summed E-state index contributed by atoms with van der Waals surface area (Å²) in [5.41, 5.74) is -1.83. The van der Waals surface area contributed by atoms with Gasteiger partial charge in [0.1, 0.15) is 5.54 Å². The highest BCUT2D eigenvalue weighted by atomic mass is 16.6. The van der Waals surface area contributed by atoms with E-state index in [0.29, 0.717) is 23.5 Å². The van der Waals surface area contributed by atoms with Gasteiger partial charge in [-0.3, -0.25) is 15.0 Å². The first-order valence-corrected chi connectivity index (χ1v) is 6.89. The summed E-state index contributed by atoms with van der Waals surface area (Å²) in [4.78, 5) is 16.8. The van der Waals surface area contributed by atoms with E-state index in [1.54, 1.807) is 31.2 Å². The second-order valence-electron chi connectivity index (χ2n) is 5.74. The molecular formula is C15H18N2O3. The van der Waals surface area contributed by atoms with Crippen LogP contribution < -0.4 is 0 Å². The summed E-state index contributed by atoms with van der Waals surface area (Å²) in [5, 5.41) is 21.7. The lowest BCUT2D eigenvalue weighted by Crippen LogP contribution is -2.59. The number of carbonyl (C=O) groups excluding carboxylic acids is 1. The maximum atomic E-state index is 12.4. The number of carbonyl (C=O) groups is 1. The molecule has 0 spiro atoms. The highest BCUT2D eigenvalue weighted by Crippen LogP contribution is 2.46. The van der Waals surface area contributed by atoms with E-state index in [0.717, 1.165) is 12.8 Å². The van der Waals surface area contributed by atoms with E-state index >= 15 is 0 Å². The molecule has 0 saturated heterocycles. The largest absolute Gasteiger partial charge is 0.367 e. The number of fused-ring (bicyclic) bond motifs is 1. The van der Waals surface area contributed by atoms with Crippen molar-refractivity contribution in [3.05, 3.63) is 35.9 Å². The Hall–Kier alpha value is -1.72. The molecule has 2 atom stereocenters. The minimum Gasteiger partial charge on any atom is -0.367 e. The molecule has 1 fully saturated rings. The lowest BCUT2D eigenvalue weighted by atomic mass is 9.77. The quantitative estimate of drug-likeness (QED) is 0.809. The van der Waals surface area contributed by atoms with Crippen LogP contribution in [0.3, 0.4) is 0 Å². The van der Waals surface area contributed by atoms with Crippen molar-refractivity contribution in [1.29, 1.82) is 0 Å². The Morgan fingerprint density at radius 2 is 1.90 bits per heavy atom. The molecule has 106 valence electrons. The summed E-state index contributed by atoms with van der Waals surface area (Å²) in [7, 11) is 0. The monoisotopic (exact) mass is 274 g/mol. The predicted octanol–water partition coefficient (Wildman–Crippen LogP) is 1.99. The van der Waals surface area contributed by atoms with Gasteiger partial charge in [-0.25, -0.2) is 5.06 Å². The summed E-state index contributed by atoms with van der Waals surface area (Å²) in [6.07, 6.45) is 2.82. The second-order valence-corrected chi connectivity index (χ2v) is 5.74. The number of rotatable bonds is 2. The summed E-state index contributed by atoms with van der Waals surface area (Å²) in [6, 6.07) is 8.68. The Balaban J connectivity index is 1.99. The standard InChI is InChI=1S/C15H18N2O3/c1-14-9-5-6-10-15(14,19)17(20)13(16-14)12(18)11-7-3-2-4-8-11/h2-4,7-8,19-20H,5-6,9-10H2,1H3/t14-,15-/m0/s1. The molecule has 1 aromatic rings. The Morgan fingerprint density at radius 1 is 1.25 bits per heavy atom. The number of hydrogen-bond acceptors (Lipinski definition) is 5. The number of hydrogen-bond donors (Lipinski definition) is 2. The number of amidine groups is 1. The molecular weight excluding hydrogens is 256 g/mol. The minimum absolute atomic E-state index is 0.0666. The first kappa shape index (κ1) is 13.3. The molecule has 1 saturated carbocycles. The fourth-order valence-electron chi connectivity index (χ4n) is 3.11. The molecule has 0 amide bonds. The van der Waals surface area contributed by atoms with Crippen molar-refractivity contribution in [2.75, 3.05) is 0 Å². The van der Waals surface area contributed by atoms with Crippen LogP contribution >= 0.6 is 0 Å². The van der Waals surface area contributed by atoms with Crippen molar-refractivity contribution >= 4 is 11.6 Å². The van der Waals surface area contributed by atoms with E-state index in [9.17, 15) is 15.1 Å². The van der Waals surface area contributed by atoms with Crippen LogP contribution in [0.2, 0.25) is 0 Å². The number of nitrogens with zero attached hydrogens (tertiary/aromatic N) is 2. The van der Waals surface area contributed by atoms with Crippen LogP contribution in [0, 0.1) is 0 Å². The molecule has 20 heavy (non-hydrogen) atoms. The van der Waals surface area contributed by atoms with Crippen molar-refractivity contribution in [1.82, 2.24) is 5.06 Å². The van der Waals surface area contributed by atoms with E-state index in [1.165, 1.54) is 0 Å². The van der Waals surface area contributed by atoms with E-state index in [-0.39, 0.29) is 11.6 Å². The number of hydroxylamine groups is 2. The molecule has 0 unspecified atom stereocenters. The Bertz CT molecular complexity index is 572. The highest BCUT2D eigenvalue weighted by molar-refractivity contribution is 6.45. The third-order valence-corrected chi connectivity index (χ3v) is 4.44. The van der Waals surface area contributed by atoms with Crippen LogP contribution in [-0.4, -0.2) is 38.3 Å². The number of Topliss-reactive ketones (excluding diaryl/α,β-unsaturated/α-hetero) is 1. The van der Waals surface area contributed by atoms with Gasteiger partial charge in [0.05, 0.1) is 0 Å². The van der Waals surface area contributed by atoms with E-state index in [2.05, 4.69) is 4.99 Å². The number of benzene rings is 1. The van der Waals surface area contributed by atoms with Gasteiger partial charge in [0.2, 0.25) is 5.78 Å². The molecule has 0 aromatic heterocycles. The fraction of sp³-hybridized carbons (Fsp3) is 0.467. The second kappa shape index (κ2) is 4.40. The number of ketones is 1. The zero-order valence-electron chi connectivity index (χ0n) is 11.4. The van der Waals surface area contributed by atoms with Crippen LogP contribution in [0.25, 0.3) is 0 Å². The van der Waals surface area contributed by atoms with Gasteiger partial charge >= 0.3 is 0 Å². The van der Waals surface area contributed by atoms with Gasteiger partial charge in [0.15, 0.2) is 11.6 Å². The molecule has 5 heteroatoms. The first-order valence-electron chi connectivity index (χ1n) is 6.89. The number of aliphatic imine (C=N–C) groups is 1. The average Bonchev–Trinajstić information content (AvgIpc) is 2.68. The van der Waals surface area contributed by atoms with Gasteiger partial charge in [-0.1, -0.05) is 36.8 Å². The van der Waals surface area contributed by atoms with Crippen LogP contribution in [0.1, 0.15) is 43.0 Å². The topological polar surface area (TPSA) is 73.1 Å². The zero-order valence-corrected chi connectivity index (χ0v) is 11.4. The summed E-state index contributed by atoms with van der Waals surface area (Å²) in [5.74, 6) is -0.430. The third-order valence-electron chi connectivity index (χ3n) is 4.44. The van der Waals surface area contributed by atoms with Crippen LogP contribution in [-0.2, 0) is 0 Å². The number of aliphatic hydroxyl groups is 1. The normalized spacial score (nSPS) is 32.8. The van der Waals surface area contributed by atoms with E-state index in [4.69, 9.17) is 0 Å². The van der Waals surface area contributed by atoms with Crippen molar-refractivity contribution in [3.8, 4) is 0 Å². The van der Waals surface area contributed by atoms with Crippen LogP contribution in [0.15, 0.2) is 35.3 Å². The highest BCUT2D eigenvalue weighted by Gasteiger charge is 2.59. The molecule has 2 aliphatic rings. The van der Waals surface area contributed by atoms with Gasteiger partial charge in [-0.05, 0) is 26.2 Å². The van der Waals surface area contributed by atoms with Gasteiger partial charge in [0, 0.05) is 5.56 Å². The molecule has 1 aromatic carbocycles. The lowest BCUT2D eigenvalue weighted by molar-refractivity contribution is -0.240. The van der Waals surface area contributed by atoms with E-state index < -0.39 is 11.3 Å². The van der Waals surface area contributed by atoms with Crippen molar-refractivity contribution in [3.63, 3.8) is 0 Å². The van der Waals surface area contributed by atoms with Gasteiger partial charge in [-0.15, -0.1) is 0 Å². The molecule has 1 heterocycles. The summed E-state index contributed by atoms with van der Waals surface area (Å²) in [6.45, 7) is 1.79. The first-order chi connectivity index (χ1) is 9.48. The maximum Gasteiger partial charge on any atom is 0.230 e. The van der Waals surface area contributed by atoms with Crippen LogP contribution in [0.4, 0.5) is 0 Å². The summed E-state index contributed by atoms with van der Waals surface area (Å²) < 4.78 is 0. The smallest absolute Gasteiger partial charge is 0.230 e. The van der Waals surface area contributed by atoms with Crippen molar-refractivity contribution < 1.29 is 15.1 Å². The van der Waals surface area contributed by atoms with Gasteiger partial charge < -0.3 is 5.11 Å². The molecule has 5 nitrogen and oxygen atoms in total. The van der Waals surface area contributed by atoms with Gasteiger partial charge in [-0.2, -0.15) is 0 Å².